The van der Waals surface area contributed by atoms with Crippen molar-refractivity contribution in [1.29, 1.82) is 0 Å². The Kier molecular flexibility index (Phi) is 2.44. The van der Waals surface area contributed by atoms with Gasteiger partial charge in [0, 0.05) is 11.8 Å². The highest BCUT2D eigenvalue weighted by Crippen LogP contribution is 2.07. The number of nitrogens with two attached hydrogens (primary N) is 1. The first-order chi connectivity index (χ1) is 5.74. The highest BCUT2D eigenvalue weighted by atomic mass is 16.1. The van der Waals surface area contributed by atoms with Crippen LogP contribution in [0.2, 0.25) is 0 Å². The molecule has 0 bridgehead atoms. The van der Waals surface area contributed by atoms with Crippen LogP contribution in [0.25, 0.3) is 0 Å². The largest absolute Gasteiger partial charge is 0.384 e. The average Bonchev–Trinajstić information content (AvgIpc) is 2.03. The molecule has 0 spiro atoms. The van der Waals surface area contributed by atoms with Gasteiger partial charge < -0.3 is 5.73 Å². The van der Waals surface area contributed by atoms with E-state index in [-0.39, 0.29) is 0 Å². The SMILES string of the molecule is Cc1cc(N)ncc1C#CC=O. The summed E-state index contributed by atoms with van der Waals surface area (Å²) in [6.07, 6.45) is 2.11. The maximum atomic E-state index is 9.94. The van der Waals surface area contributed by atoms with Crippen molar-refractivity contribution in [2.24, 2.45) is 0 Å². The van der Waals surface area contributed by atoms with E-state index in [2.05, 4.69) is 16.8 Å². The zero-order valence-corrected chi connectivity index (χ0v) is 6.66. The second kappa shape index (κ2) is 3.54. The zero-order valence-electron chi connectivity index (χ0n) is 6.66. The van der Waals surface area contributed by atoms with Gasteiger partial charge in [0.1, 0.15) is 5.82 Å². The van der Waals surface area contributed by atoms with Gasteiger partial charge in [0.25, 0.3) is 0 Å². The fraction of sp³-hybridized carbons (Fsp3) is 0.111. The first-order valence-electron chi connectivity index (χ1n) is 3.41. The summed E-state index contributed by atoms with van der Waals surface area (Å²) in [5.41, 5.74) is 7.09. The van der Waals surface area contributed by atoms with Gasteiger partial charge in [-0.05, 0) is 24.5 Å². The lowest BCUT2D eigenvalue weighted by atomic mass is 10.1. The van der Waals surface area contributed by atoms with Crippen LogP contribution in [0, 0.1) is 18.8 Å². The molecule has 2 N–H and O–H groups in total. The van der Waals surface area contributed by atoms with E-state index in [0.29, 0.717) is 12.1 Å². The van der Waals surface area contributed by atoms with Crippen LogP contribution in [-0.4, -0.2) is 11.3 Å². The molecular weight excluding hydrogens is 152 g/mol. The molecule has 0 radical (unpaired) electrons. The Morgan fingerprint density at radius 3 is 3.00 bits per heavy atom. The number of carbonyl (C=O) groups is 1. The number of aldehydes is 1. The summed E-state index contributed by atoms with van der Waals surface area (Å²) in [5.74, 6) is 5.43. The first kappa shape index (κ1) is 8.28. The number of nitrogens with zero attached hydrogens (tertiary/aromatic N) is 1. The molecule has 1 heterocycles. The molecular formula is C9H8N2O. The Labute approximate surface area is 70.6 Å². The molecule has 3 heteroatoms. The molecule has 12 heavy (non-hydrogen) atoms. The maximum Gasteiger partial charge on any atom is 0.193 e. The lowest BCUT2D eigenvalue weighted by Gasteiger charge is -1.97. The molecule has 1 aromatic rings. The van der Waals surface area contributed by atoms with Crippen molar-refractivity contribution in [3.05, 3.63) is 23.4 Å². The molecule has 0 unspecified atom stereocenters. The van der Waals surface area contributed by atoms with Crippen molar-refractivity contribution >= 4 is 12.1 Å². The number of hydrogen-bond donors (Lipinski definition) is 1. The van der Waals surface area contributed by atoms with Crippen molar-refractivity contribution < 1.29 is 4.79 Å². The quantitative estimate of drug-likeness (QED) is 0.444. The molecule has 0 atom stereocenters. The van der Waals surface area contributed by atoms with Gasteiger partial charge in [0.15, 0.2) is 6.29 Å². The van der Waals surface area contributed by atoms with E-state index in [1.807, 2.05) is 6.92 Å². The van der Waals surface area contributed by atoms with E-state index in [9.17, 15) is 4.79 Å². The van der Waals surface area contributed by atoms with Crippen LogP contribution < -0.4 is 5.73 Å². The van der Waals surface area contributed by atoms with E-state index in [1.54, 1.807) is 12.3 Å². The maximum absolute atomic E-state index is 9.94. The summed E-state index contributed by atoms with van der Waals surface area (Å²) >= 11 is 0. The Balaban J connectivity index is 3.09. The van der Waals surface area contributed by atoms with Crippen LogP contribution in [0.5, 0.6) is 0 Å². The number of aromatic nitrogens is 1. The number of aryl methyl sites for hydroxylation is 1. The highest BCUT2D eigenvalue weighted by molar-refractivity contribution is 5.74. The van der Waals surface area contributed by atoms with Gasteiger partial charge >= 0.3 is 0 Å². The fourth-order valence-corrected chi connectivity index (χ4v) is 0.816. The fourth-order valence-electron chi connectivity index (χ4n) is 0.816. The summed E-state index contributed by atoms with van der Waals surface area (Å²) in [4.78, 5) is 13.8. The monoisotopic (exact) mass is 160 g/mol. The van der Waals surface area contributed by atoms with Gasteiger partial charge in [0.2, 0.25) is 0 Å². The summed E-state index contributed by atoms with van der Waals surface area (Å²) in [5, 5.41) is 0. The van der Waals surface area contributed by atoms with Crippen LogP contribution in [0.15, 0.2) is 12.3 Å². The number of hydrogen-bond acceptors (Lipinski definition) is 3. The first-order valence-corrected chi connectivity index (χ1v) is 3.41. The third kappa shape index (κ3) is 1.83. The predicted octanol–water partition coefficient (Wildman–Crippen LogP) is 0.523. The Bertz CT molecular complexity index is 361. The van der Waals surface area contributed by atoms with Crippen LogP contribution in [0.3, 0.4) is 0 Å². The van der Waals surface area contributed by atoms with Gasteiger partial charge in [0.05, 0.1) is 0 Å². The second-order valence-corrected chi connectivity index (χ2v) is 2.31. The molecule has 3 nitrogen and oxygen atoms in total. The Hall–Kier alpha value is -1.82. The number of nitrogen functional groups attached to an aromatic ring is 1. The minimum Gasteiger partial charge on any atom is -0.384 e. The summed E-state index contributed by atoms with van der Waals surface area (Å²) < 4.78 is 0. The topological polar surface area (TPSA) is 56.0 Å². The predicted molar refractivity (Wildman–Crippen MR) is 46.3 cm³/mol. The van der Waals surface area contributed by atoms with E-state index in [0.717, 1.165) is 11.1 Å². The third-order valence-corrected chi connectivity index (χ3v) is 1.40. The molecule has 0 aliphatic carbocycles. The minimum atomic E-state index is 0.462. The van der Waals surface area contributed by atoms with E-state index in [4.69, 9.17) is 5.73 Å². The Morgan fingerprint density at radius 1 is 1.67 bits per heavy atom. The number of rotatable bonds is 0. The molecule has 0 saturated heterocycles. The van der Waals surface area contributed by atoms with Crippen LogP contribution >= 0.6 is 0 Å². The molecule has 0 aromatic carbocycles. The van der Waals surface area contributed by atoms with Gasteiger partial charge in [-0.3, -0.25) is 4.79 Å². The number of anilines is 1. The van der Waals surface area contributed by atoms with Crippen molar-refractivity contribution in [2.75, 3.05) is 5.73 Å². The average molecular weight is 160 g/mol. The second-order valence-electron chi connectivity index (χ2n) is 2.31. The minimum absolute atomic E-state index is 0.462. The lowest BCUT2D eigenvalue weighted by Crippen LogP contribution is -1.92. The van der Waals surface area contributed by atoms with Crippen molar-refractivity contribution in [3.63, 3.8) is 0 Å². The van der Waals surface area contributed by atoms with Gasteiger partial charge in [-0.15, -0.1) is 0 Å². The van der Waals surface area contributed by atoms with Crippen LogP contribution in [-0.2, 0) is 4.79 Å². The summed E-state index contributed by atoms with van der Waals surface area (Å²) in [6, 6.07) is 1.72. The molecule has 0 amide bonds. The van der Waals surface area contributed by atoms with Gasteiger partial charge in [-0.1, -0.05) is 5.92 Å². The Morgan fingerprint density at radius 2 is 2.42 bits per heavy atom. The molecule has 1 aromatic heterocycles. The summed E-state index contributed by atoms with van der Waals surface area (Å²) in [6.45, 7) is 1.87. The molecule has 0 fully saturated rings. The zero-order chi connectivity index (χ0) is 8.97. The highest BCUT2D eigenvalue weighted by Gasteiger charge is 1.94. The van der Waals surface area contributed by atoms with Crippen LogP contribution in [0.1, 0.15) is 11.1 Å². The van der Waals surface area contributed by atoms with E-state index in [1.165, 1.54) is 0 Å². The van der Waals surface area contributed by atoms with Crippen molar-refractivity contribution in [1.82, 2.24) is 4.98 Å². The standard InChI is InChI=1S/C9H8N2O/c1-7-5-9(10)11-6-8(7)3-2-4-12/h4-6H,1H3,(H2,10,11). The van der Waals surface area contributed by atoms with Crippen LogP contribution in [0.4, 0.5) is 5.82 Å². The van der Waals surface area contributed by atoms with E-state index >= 15 is 0 Å². The summed E-state index contributed by atoms with van der Waals surface area (Å²) in [7, 11) is 0. The number of carbonyl (C=O) groups excluding carboxylic acids is 1. The molecule has 0 saturated carbocycles. The molecule has 0 aliphatic heterocycles. The van der Waals surface area contributed by atoms with Crippen molar-refractivity contribution in [2.45, 2.75) is 6.92 Å². The third-order valence-electron chi connectivity index (χ3n) is 1.40. The molecule has 60 valence electrons. The van der Waals surface area contributed by atoms with Gasteiger partial charge in [-0.25, -0.2) is 4.98 Å². The van der Waals surface area contributed by atoms with Crippen molar-refractivity contribution in [3.8, 4) is 11.8 Å². The van der Waals surface area contributed by atoms with Gasteiger partial charge in [-0.2, -0.15) is 0 Å². The normalized spacial score (nSPS) is 8.42. The van der Waals surface area contributed by atoms with E-state index < -0.39 is 0 Å². The lowest BCUT2D eigenvalue weighted by molar-refractivity contribution is -0.103. The number of pyridine rings is 1. The molecule has 1 rings (SSSR count). The molecule has 0 aliphatic rings. The smallest absolute Gasteiger partial charge is 0.193 e.